The Morgan fingerprint density at radius 2 is 2.08 bits per heavy atom. The van der Waals surface area contributed by atoms with Crippen LogP contribution >= 0.6 is 0 Å². The van der Waals surface area contributed by atoms with E-state index < -0.39 is 0 Å². The SMILES string of the molecule is C=c1c(=CC=CC)n(CCCN(C)CCC)c2ccc3c(c12)CCC3=O. The molecule has 0 saturated carbocycles. The van der Waals surface area contributed by atoms with Gasteiger partial charge in [-0.3, -0.25) is 4.79 Å². The smallest absolute Gasteiger partial charge is 0.163 e. The van der Waals surface area contributed by atoms with Crippen molar-refractivity contribution in [2.45, 2.75) is 46.1 Å². The van der Waals surface area contributed by atoms with Crippen LogP contribution in [0.3, 0.4) is 0 Å². The standard InChI is InChI=1S/C23H30N2O/c1-5-7-9-20-17(3)23-19-11-13-22(26)18(19)10-12-21(23)25(20)16-8-15-24(4)14-6-2/h5,7,9-10,12H,3,6,8,11,13-16H2,1-2,4H3. The van der Waals surface area contributed by atoms with Crippen molar-refractivity contribution in [3.05, 3.63) is 46.0 Å². The molecular weight excluding hydrogens is 320 g/mol. The minimum Gasteiger partial charge on any atom is -0.340 e. The van der Waals surface area contributed by atoms with Gasteiger partial charge in [0, 0.05) is 40.0 Å². The number of carbonyl (C=O) groups excluding carboxylic acids is 1. The third kappa shape index (κ3) is 3.41. The van der Waals surface area contributed by atoms with Gasteiger partial charge in [0.2, 0.25) is 0 Å². The third-order valence-electron chi connectivity index (χ3n) is 5.36. The summed E-state index contributed by atoms with van der Waals surface area (Å²) < 4.78 is 2.39. The molecule has 26 heavy (non-hydrogen) atoms. The summed E-state index contributed by atoms with van der Waals surface area (Å²) in [6, 6.07) is 4.14. The number of carbonyl (C=O) groups is 1. The zero-order valence-corrected chi connectivity index (χ0v) is 16.3. The van der Waals surface area contributed by atoms with Crippen molar-refractivity contribution in [1.29, 1.82) is 0 Å². The first-order valence-electron chi connectivity index (χ1n) is 9.76. The number of benzene rings is 1. The van der Waals surface area contributed by atoms with Crippen LogP contribution in [-0.4, -0.2) is 35.4 Å². The highest BCUT2D eigenvalue weighted by Crippen LogP contribution is 2.27. The third-order valence-corrected chi connectivity index (χ3v) is 5.36. The molecule has 0 unspecified atom stereocenters. The largest absolute Gasteiger partial charge is 0.340 e. The van der Waals surface area contributed by atoms with E-state index in [1.807, 2.05) is 19.1 Å². The molecule has 1 aromatic carbocycles. The number of ketones is 1. The number of aromatic nitrogens is 1. The van der Waals surface area contributed by atoms with Crippen molar-refractivity contribution in [2.75, 3.05) is 20.1 Å². The number of allylic oxidation sites excluding steroid dienone is 2. The van der Waals surface area contributed by atoms with Gasteiger partial charge in [0.1, 0.15) is 0 Å². The summed E-state index contributed by atoms with van der Waals surface area (Å²) in [5, 5.41) is 3.43. The highest BCUT2D eigenvalue weighted by Gasteiger charge is 2.23. The molecule has 3 nitrogen and oxygen atoms in total. The maximum absolute atomic E-state index is 12.1. The monoisotopic (exact) mass is 350 g/mol. The Labute approximate surface area is 156 Å². The number of nitrogens with zero attached hydrogens (tertiary/aromatic N) is 2. The summed E-state index contributed by atoms with van der Waals surface area (Å²) in [6.07, 6.45) is 10.0. The lowest BCUT2D eigenvalue weighted by molar-refractivity contribution is 0.0994. The number of fused-ring (bicyclic) bond motifs is 3. The molecule has 0 radical (unpaired) electrons. The van der Waals surface area contributed by atoms with E-state index in [-0.39, 0.29) is 5.78 Å². The second kappa shape index (κ2) is 8.05. The minimum atomic E-state index is 0.272. The molecule has 3 rings (SSSR count). The first kappa shape index (κ1) is 18.7. The van der Waals surface area contributed by atoms with Crippen molar-refractivity contribution in [2.24, 2.45) is 0 Å². The van der Waals surface area contributed by atoms with Crippen LogP contribution in [0.1, 0.15) is 49.0 Å². The van der Waals surface area contributed by atoms with E-state index in [2.05, 4.69) is 48.2 Å². The molecule has 2 aromatic rings. The van der Waals surface area contributed by atoms with E-state index >= 15 is 0 Å². The van der Waals surface area contributed by atoms with Crippen molar-refractivity contribution >= 4 is 29.3 Å². The Hall–Kier alpha value is -2.13. The van der Waals surface area contributed by atoms with Gasteiger partial charge in [-0.1, -0.05) is 25.7 Å². The quantitative estimate of drug-likeness (QED) is 0.766. The highest BCUT2D eigenvalue weighted by molar-refractivity contribution is 6.05. The fourth-order valence-electron chi connectivity index (χ4n) is 4.12. The summed E-state index contributed by atoms with van der Waals surface area (Å²) in [6.45, 7) is 11.8. The van der Waals surface area contributed by atoms with Gasteiger partial charge in [-0.15, -0.1) is 0 Å². The van der Waals surface area contributed by atoms with Gasteiger partial charge in [0.25, 0.3) is 0 Å². The van der Waals surface area contributed by atoms with Crippen LogP contribution in [0.4, 0.5) is 0 Å². The van der Waals surface area contributed by atoms with Crippen molar-refractivity contribution in [3.8, 4) is 0 Å². The second-order valence-corrected chi connectivity index (χ2v) is 7.27. The molecule has 0 fully saturated rings. The summed E-state index contributed by atoms with van der Waals surface area (Å²) in [7, 11) is 2.19. The number of aryl methyl sites for hydroxylation is 2. The van der Waals surface area contributed by atoms with E-state index in [1.54, 1.807) is 0 Å². The molecule has 138 valence electrons. The Morgan fingerprint density at radius 1 is 1.27 bits per heavy atom. The summed E-state index contributed by atoms with van der Waals surface area (Å²) in [4.78, 5) is 14.5. The zero-order valence-electron chi connectivity index (χ0n) is 16.3. The molecule has 0 atom stereocenters. The van der Waals surface area contributed by atoms with E-state index in [9.17, 15) is 4.79 Å². The molecule has 1 aromatic heterocycles. The van der Waals surface area contributed by atoms with Gasteiger partial charge in [-0.05, 0) is 70.1 Å². The summed E-state index contributed by atoms with van der Waals surface area (Å²) >= 11 is 0. The maximum Gasteiger partial charge on any atom is 0.163 e. The zero-order chi connectivity index (χ0) is 18.7. The molecule has 3 heteroatoms. The van der Waals surface area contributed by atoms with Gasteiger partial charge < -0.3 is 9.47 Å². The Balaban J connectivity index is 2.06. The first-order valence-corrected chi connectivity index (χ1v) is 9.76. The maximum atomic E-state index is 12.1. The summed E-state index contributed by atoms with van der Waals surface area (Å²) in [5.74, 6) is 0.272. The van der Waals surface area contributed by atoms with Gasteiger partial charge in [0.15, 0.2) is 5.78 Å². The van der Waals surface area contributed by atoms with Gasteiger partial charge in [-0.2, -0.15) is 0 Å². The van der Waals surface area contributed by atoms with Crippen molar-refractivity contribution in [1.82, 2.24) is 9.47 Å². The predicted octanol–water partition coefficient (Wildman–Crippen LogP) is 3.27. The predicted molar refractivity (Wildman–Crippen MR) is 111 cm³/mol. The molecule has 0 aliphatic heterocycles. The molecule has 1 aliphatic rings. The van der Waals surface area contributed by atoms with Gasteiger partial charge >= 0.3 is 0 Å². The summed E-state index contributed by atoms with van der Waals surface area (Å²) in [5.41, 5.74) is 3.33. The lowest BCUT2D eigenvalue weighted by Gasteiger charge is -2.16. The number of hydrogen-bond acceptors (Lipinski definition) is 2. The Bertz CT molecular complexity index is 949. The number of Topliss-reactive ketones (excluding diaryl/α,β-unsaturated/α-hetero) is 1. The fraction of sp³-hybridized carbons (Fsp3) is 0.435. The molecule has 0 spiro atoms. The molecule has 0 saturated heterocycles. The van der Waals surface area contributed by atoms with Crippen molar-refractivity contribution in [3.63, 3.8) is 0 Å². The van der Waals surface area contributed by atoms with Crippen LogP contribution in [0.5, 0.6) is 0 Å². The topological polar surface area (TPSA) is 25.2 Å². The number of hydrogen-bond donors (Lipinski definition) is 0. The molecular formula is C23H30N2O. The van der Waals surface area contributed by atoms with Gasteiger partial charge in [0.05, 0.1) is 0 Å². The van der Waals surface area contributed by atoms with E-state index in [1.165, 1.54) is 28.2 Å². The van der Waals surface area contributed by atoms with E-state index in [4.69, 9.17) is 0 Å². The average Bonchev–Trinajstić information content (AvgIpc) is 3.12. The average molecular weight is 351 g/mol. The lowest BCUT2D eigenvalue weighted by Crippen LogP contribution is -2.29. The molecule has 0 bridgehead atoms. The van der Waals surface area contributed by atoms with E-state index in [0.29, 0.717) is 6.42 Å². The van der Waals surface area contributed by atoms with Crippen LogP contribution in [0.2, 0.25) is 0 Å². The van der Waals surface area contributed by atoms with Gasteiger partial charge in [-0.25, -0.2) is 0 Å². The van der Waals surface area contributed by atoms with Crippen LogP contribution < -0.4 is 10.6 Å². The molecule has 1 heterocycles. The van der Waals surface area contributed by atoms with Crippen LogP contribution in [0.15, 0.2) is 24.3 Å². The number of rotatable bonds is 7. The molecule has 1 aliphatic carbocycles. The lowest BCUT2D eigenvalue weighted by atomic mass is 10.0. The molecule has 0 N–H and O–H groups in total. The Kier molecular flexibility index (Phi) is 5.77. The fourth-order valence-corrected chi connectivity index (χ4v) is 4.12. The van der Waals surface area contributed by atoms with Crippen molar-refractivity contribution < 1.29 is 4.79 Å². The van der Waals surface area contributed by atoms with Crippen LogP contribution in [-0.2, 0) is 13.0 Å². The van der Waals surface area contributed by atoms with Crippen LogP contribution in [0.25, 0.3) is 23.6 Å². The van der Waals surface area contributed by atoms with Crippen LogP contribution in [0, 0.1) is 0 Å². The molecule has 0 amide bonds. The highest BCUT2D eigenvalue weighted by atomic mass is 16.1. The second-order valence-electron chi connectivity index (χ2n) is 7.27. The normalized spacial score (nSPS) is 15.1. The van der Waals surface area contributed by atoms with E-state index in [0.717, 1.165) is 43.3 Å². The minimum absolute atomic E-state index is 0.272. The first-order chi connectivity index (χ1) is 12.6. The Morgan fingerprint density at radius 3 is 2.81 bits per heavy atom.